The van der Waals surface area contributed by atoms with Crippen LogP contribution in [0, 0.1) is 31.8 Å². The van der Waals surface area contributed by atoms with Gasteiger partial charge in [-0.05, 0) is 36.1 Å². The van der Waals surface area contributed by atoms with E-state index in [4.69, 9.17) is 11.8 Å². The predicted molar refractivity (Wildman–Crippen MR) is 164 cm³/mol. The highest BCUT2D eigenvalue weighted by atomic mass is 15.5. The molecule has 4 aromatic carbocycles. The molecule has 0 atom stereocenters. The first-order chi connectivity index (χ1) is 20.6. The molecule has 0 bridgehead atoms. The van der Waals surface area contributed by atoms with E-state index in [9.17, 15) is 5.26 Å². The van der Waals surface area contributed by atoms with Crippen molar-refractivity contribution in [2.75, 3.05) is 0 Å². The molecule has 6 nitrogen and oxygen atoms in total. The van der Waals surface area contributed by atoms with Gasteiger partial charge in [0.05, 0.1) is 24.9 Å². The van der Waals surface area contributed by atoms with E-state index in [0.29, 0.717) is 17.8 Å². The second-order valence-electron chi connectivity index (χ2n) is 10.2. The third kappa shape index (κ3) is 4.36. The Balaban J connectivity index is 1.49. The Kier molecular flexibility index (Phi) is 6.97. The Bertz CT molecular complexity index is 1820. The fraction of sp³-hybridized carbons (Fsp3) is 0.111. The van der Waals surface area contributed by atoms with Crippen LogP contribution in [0.15, 0.2) is 121 Å². The molecule has 0 spiro atoms. The third-order valence-electron chi connectivity index (χ3n) is 7.96. The molecule has 0 saturated carbocycles. The van der Waals surface area contributed by atoms with Crippen molar-refractivity contribution in [3.05, 3.63) is 172 Å². The van der Waals surface area contributed by atoms with Gasteiger partial charge in [0.25, 0.3) is 0 Å². The molecule has 0 aliphatic carbocycles. The maximum atomic E-state index is 10.1. The summed E-state index contributed by atoms with van der Waals surface area (Å²) in [4.78, 5) is 3.50. The van der Waals surface area contributed by atoms with Gasteiger partial charge in [0.15, 0.2) is 5.69 Å². The average molecular weight is 545 g/mol. The zero-order chi connectivity index (χ0) is 29.1. The molecular weight excluding hydrogens is 516 g/mol. The van der Waals surface area contributed by atoms with Gasteiger partial charge in [-0.25, -0.2) is 9.53 Å². The summed E-state index contributed by atoms with van der Waals surface area (Å²) in [5.41, 5.74) is 8.08. The monoisotopic (exact) mass is 544 g/mol. The molecule has 0 aliphatic rings. The van der Waals surface area contributed by atoms with Crippen molar-refractivity contribution < 1.29 is 0 Å². The van der Waals surface area contributed by atoms with Crippen LogP contribution in [0.2, 0.25) is 0 Å². The quantitative estimate of drug-likeness (QED) is 0.153. The van der Waals surface area contributed by atoms with E-state index in [1.54, 1.807) is 12.1 Å². The van der Waals surface area contributed by atoms with Crippen LogP contribution in [0.3, 0.4) is 0 Å². The summed E-state index contributed by atoms with van der Waals surface area (Å²) in [7, 11) is 0. The van der Waals surface area contributed by atoms with Crippen molar-refractivity contribution in [1.29, 1.82) is 5.26 Å². The summed E-state index contributed by atoms with van der Waals surface area (Å²) in [6.45, 7) is 11.7. The van der Waals surface area contributed by atoms with E-state index in [1.807, 2.05) is 55.1 Å². The average Bonchev–Trinajstić information content (AvgIpc) is 3.61. The minimum Gasteiger partial charge on any atom is -0.341 e. The first-order valence-electron chi connectivity index (χ1n) is 13.7. The molecule has 202 valence electrons. The van der Waals surface area contributed by atoms with Crippen molar-refractivity contribution in [2.24, 2.45) is 0 Å². The summed E-state index contributed by atoms with van der Waals surface area (Å²) < 4.78 is 4.09. The highest BCUT2D eigenvalue weighted by molar-refractivity contribution is 5.76. The molecule has 0 fully saturated rings. The number of hydrogen-bond acceptors (Lipinski definition) is 3. The largest absolute Gasteiger partial charge is 0.341 e. The van der Waals surface area contributed by atoms with E-state index in [-0.39, 0.29) is 0 Å². The fourth-order valence-electron chi connectivity index (χ4n) is 5.94. The van der Waals surface area contributed by atoms with Crippen molar-refractivity contribution in [1.82, 2.24) is 19.6 Å². The summed E-state index contributed by atoms with van der Waals surface area (Å²) >= 11 is 0. The summed E-state index contributed by atoms with van der Waals surface area (Å²) in [6.07, 6.45) is 2.02. The molecule has 0 unspecified atom stereocenters. The van der Waals surface area contributed by atoms with Crippen molar-refractivity contribution in [3.63, 3.8) is 0 Å². The zero-order valence-electron chi connectivity index (χ0n) is 23.4. The molecular formula is C36H28N6. The van der Waals surface area contributed by atoms with Crippen LogP contribution in [0.4, 0.5) is 5.69 Å². The number of hydrogen-bond donors (Lipinski definition) is 0. The van der Waals surface area contributed by atoms with E-state index in [0.717, 1.165) is 44.9 Å². The van der Waals surface area contributed by atoms with E-state index in [1.165, 1.54) is 0 Å². The van der Waals surface area contributed by atoms with Crippen LogP contribution < -0.4 is 0 Å². The van der Waals surface area contributed by atoms with Gasteiger partial charge in [-0.2, -0.15) is 5.26 Å². The predicted octanol–water partition coefficient (Wildman–Crippen LogP) is 7.67. The number of rotatable bonds is 7. The molecule has 0 N–H and O–H groups in total. The van der Waals surface area contributed by atoms with Crippen LogP contribution in [0.1, 0.15) is 39.3 Å². The summed E-state index contributed by atoms with van der Waals surface area (Å²) in [5.74, 6) is 0. The number of benzene rings is 4. The second-order valence-corrected chi connectivity index (χ2v) is 10.2. The lowest BCUT2D eigenvalue weighted by atomic mass is 9.77. The summed E-state index contributed by atoms with van der Waals surface area (Å²) in [5, 5.41) is 19.5. The SMILES string of the molecule is [C-]#[N+]c1ccc(-c2c(C#N)c(C)n(Cc3cn(C(c4ccccc4)(c4ccccc4)c4ccccc4)nn3)c2C)cc1. The van der Waals surface area contributed by atoms with Crippen LogP contribution in [0.5, 0.6) is 0 Å². The second kappa shape index (κ2) is 11.0. The van der Waals surface area contributed by atoms with Crippen molar-refractivity contribution >= 4 is 5.69 Å². The fourth-order valence-corrected chi connectivity index (χ4v) is 5.94. The highest BCUT2D eigenvalue weighted by Crippen LogP contribution is 2.40. The van der Waals surface area contributed by atoms with Gasteiger partial charge in [-0.15, -0.1) is 5.10 Å². The Morgan fingerprint density at radius 1 is 0.762 bits per heavy atom. The molecule has 6 heteroatoms. The van der Waals surface area contributed by atoms with E-state index >= 15 is 0 Å². The molecule has 0 amide bonds. The lowest BCUT2D eigenvalue weighted by Crippen LogP contribution is -2.38. The van der Waals surface area contributed by atoms with Crippen molar-refractivity contribution in [2.45, 2.75) is 25.9 Å². The molecule has 0 aliphatic heterocycles. The number of aromatic nitrogens is 4. The van der Waals surface area contributed by atoms with Crippen LogP contribution in [-0.4, -0.2) is 19.6 Å². The first-order valence-corrected chi connectivity index (χ1v) is 13.7. The lowest BCUT2D eigenvalue weighted by molar-refractivity contribution is 0.446. The Morgan fingerprint density at radius 2 is 1.29 bits per heavy atom. The van der Waals surface area contributed by atoms with Gasteiger partial charge in [0.2, 0.25) is 0 Å². The molecule has 2 aromatic heterocycles. The minimum atomic E-state index is -0.747. The highest BCUT2D eigenvalue weighted by Gasteiger charge is 2.39. The Labute approximate surface area is 245 Å². The number of nitrogens with zero attached hydrogens (tertiary/aromatic N) is 6. The maximum Gasteiger partial charge on any atom is 0.187 e. The topological polar surface area (TPSA) is 63.8 Å². The van der Waals surface area contributed by atoms with Gasteiger partial charge < -0.3 is 4.57 Å². The Morgan fingerprint density at radius 3 is 1.76 bits per heavy atom. The van der Waals surface area contributed by atoms with Gasteiger partial charge in [0.1, 0.15) is 17.3 Å². The van der Waals surface area contributed by atoms with Gasteiger partial charge >= 0.3 is 0 Å². The molecule has 0 saturated heterocycles. The van der Waals surface area contributed by atoms with Gasteiger partial charge in [-0.1, -0.05) is 120 Å². The minimum absolute atomic E-state index is 0.459. The molecule has 6 rings (SSSR count). The summed E-state index contributed by atoms with van der Waals surface area (Å²) in [6, 6.07) is 41.0. The van der Waals surface area contributed by atoms with Crippen LogP contribution in [0.25, 0.3) is 16.0 Å². The molecule has 2 heterocycles. The van der Waals surface area contributed by atoms with Crippen LogP contribution >= 0.6 is 0 Å². The standard InChI is InChI=1S/C36H28N6/c1-26-34(23-37)35(28-19-21-32(38-3)22-20-28)27(2)41(26)24-33-25-42(40-39-33)36(29-13-7-4-8-14-29,30-15-9-5-10-16-30)31-17-11-6-12-18-31/h4-22,25H,24H2,1-2H3. The van der Waals surface area contributed by atoms with E-state index < -0.39 is 5.54 Å². The van der Waals surface area contributed by atoms with Crippen LogP contribution in [-0.2, 0) is 12.1 Å². The van der Waals surface area contributed by atoms with E-state index in [2.05, 4.69) is 93.4 Å². The first kappa shape index (κ1) is 26.5. The Hall–Kier alpha value is -5.72. The third-order valence-corrected chi connectivity index (χ3v) is 7.96. The maximum absolute atomic E-state index is 10.1. The lowest BCUT2D eigenvalue weighted by Gasteiger charge is -2.35. The molecule has 0 radical (unpaired) electrons. The zero-order valence-corrected chi connectivity index (χ0v) is 23.4. The molecule has 6 aromatic rings. The van der Waals surface area contributed by atoms with Gasteiger partial charge in [0, 0.05) is 17.0 Å². The normalized spacial score (nSPS) is 11.1. The smallest absolute Gasteiger partial charge is 0.187 e. The number of nitriles is 1. The van der Waals surface area contributed by atoms with Crippen molar-refractivity contribution in [3.8, 4) is 17.2 Å². The van der Waals surface area contributed by atoms with Gasteiger partial charge in [-0.3, -0.25) is 0 Å². The molecule has 42 heavy (non-hydrogen) atoms.